The highest BCUT2D eigenvalue weighted by Crippen LogP contribution is 2.37. The van der Waals surface area contributed by atoms with Gasteiger partial charge in [0.1, 0.15) is 0 Å². The molecule has 0 radical (unpaired) electrons. The van der Waals surface area contributed by atoms with Gasteiger partial charge in [0, 0.05) is 6.04 Å². The van der Waals surface area contributed by atoms with Crippen LogP contribution in [0.2, 0.25) is 0 Å². The summed E-state index contributed by atoms with van der Waals surface area (Å²) >= 11 is 0. The minimum atomic E-state index is -0.586. The van der Waals surface area contributed by atoms with Gasteiger partial charge in [0.25, 0.3) is 0 Å². The largest absolute Gasteiger partial charge is 0.388 e. The first kappa shape index (κ1) is 11.0. The number of aliphatic hydroxyl groups is 1. The monoisotopic (exact) mass is 260 g/mol. The number of aromatic nitrogens is 4. The average Bonchev–Trinajstić information content (AvgIpc) is 3.25. The molecule has 2 saturated carbocycles. The molecule has 0 aromatic carbocycles. The van der Waals surface area contributed by atoms with Crippen LogP contribution in [0.4, 0.5) is 11.8 Å². The van der Waals surface area contributed by atoms with Gasteiger partial charge in [0.15, 0.2) is 17.0 Å². The third-order valence-electron chi connectivity index (χ3n) is 3.69. The third-order valence-corrected chi connectivity index (χ3v) is 3.69. The summed E-state index contributed by atoms with van der Waals surface area (Å²) in [6, 6.07) is 0.482. The molecule has 2 aliphatic rings. The van der Waals surface area contributed by atoms with Gasteiger partial charge < -0.3 is 20.7 Å². The molecule has 0 spiro atoms. The van der Waals surface area contributed by atoms with Crippen molar-refractivity contribution in [3.05, 3.63) is 6.33 Å². The zero-order valence-corrected chi connectivity index (χ0v) is 10.5. The van der Waals surface area contributed by atoms with E-state index in [4.69, 9.17) is 5.73 Å². The summed E-state index contributed by atoms with van der Waals surface area (Å²) in [5.74, 6) is 0.937. The summed E-state index contributed by atoms with van der Waals surface area (Å²) in [5, 5.41) is 13.3. The lowest BCUT2D eigenvalue weighted by Gasteiger charge is -2.10. The molecule has 7 nitrogen and oxygen atoms in total. The van der Waals surface area contributed by atoms with Crippen LogP contribution in [0.3, 0.4) is 0 Å². The van der Waals surface area contributed by atoms with E-state index in [1.807, 2.05) is 4.57 Å². The van der Waals surface area contributed by atoms with E-state index in [9.17, 15) is 5.11 Å². The van der Waals surface area contributed by atoms with E-state index >= 15 is 0 Å². The Kier molecular flexibility index (Phi) is 2.06. The molecule has 2 aromatic heterocycles. The Morgan fingerprint density at radius 3 is 2.89 bits per heavy atom. The Bertz CT molecular complexity index is 643. The molecule has 0 unspecified atom stereocenters. The van der Waals surface area contributed by atoms with Gasteiger partial charge in [-0.25, -0.2) is 4.98 Å². The van der Waals surface area contributed by atoms with Crippen molar-refractivity contribution in [1.29, 1.82) is 0 Å². The predicted octanol–water partition coefficient (Wildman–Crippen LogP) is 0.508. The molecule has 0 aliphatic heterocycles. The molecule has 0 bridgehead atoms. The molecule has 0 amide bonds. The Morgan fingerprint density at radius 2 is 2.21 bits per heavy atom. The second kappa shape index (κ2) is 3.57. The minimum Gasteiger partial charge on any atom is -0.388 e. The average molecular weight is 260 g/mol. The number of imidazole rings is 1. The molecule has 4 N–H and O–H groups in total. The van der Waals surface area contributed by atoms with Crippen molar-refractivity contribution in [1.82, 2.24) is 19.5 Å². The van der Waals surface area contributed by atoms with Crippen LogP contribution in [0.15, 0.2) is 6.33 Å². The zero-order chi connectivity index (χ0) is 13.0. The molecule has 2 fully saturated rings. The van der Waals surface area contributed by atoms with Gasteiger partial charge in [-0.15, -0.1) is 0 Å². The van der Waals surface area contributed by atoms with Crippen molar-refractivity contribution in [2.75, 3.05) is 11.1 Å². The van der Waals surface area contributed by atoms with Gasteiger partial charge in [0.05, 0.1) is 18.5 Å². The van der Waals surface area contributed by atoms with Gasteiger partial charge in [-0.2, -0.15) is 9.97 Å². The molecule has 19 heavy (non-hydrogen) atoms. The molecule has 2 aromatic rings. The van der Waals surface area contributed by atoms with Crippen LogP contribution in [-0.2, 0) is 6.54 Å². The van der Waals surface area contributed by atoms with Crippen LogP contribution < -0.4 is 11.1 Å². The lowest BCUT2D eigenvalue weighted by molar-refractivity contribution is 0.130. The van der Waals surface area contributed by atoms with Gasteiger partial charge in [-0.3, -0.25) is 0 Å². The fraction of sp³-hybridized carbons (Fsp3) is 0.583. The number of nitrogens with two attached hydrogens (primary N) is 1. The summed E-state index contributed by atoms with van der Waals surface area (Å²) in [5.41, 5.74) is 6.59. The Labute approximate surface area is 109 Å². The van der Waals surface area contributed by atoms with Gasteiger partial charge in [-0.05, 0) is 25.7 Å². The molecule has 7 heteroatoms. The number of nitrogen functional groups attached to an aromatic ring is 1. The standard InChI is InChI=1S/C12H16N6O/c13-11-16-9(15-7-1-2-7)8-10(17-11)18(6-14-8)5-12(19)3-4-12/h6-7,19H,1-5H2,(H3,13,15,16,17). The highest BCUT2D eigenvalue weighted by molar-refractivity contribution is 5.84. The summed E-state index contributed by atoms with van der Waals surface area (Å²) in [6.07, 6.45) is 5.69. The van der Waals surface area contributed by atoms with E-state index in [1.165, 1.54) is 0 Å². The number of fused-ring (bicyclic) bond motifs is 1. The molecule has 4 rings (SSSR count). The van der Waals surface area contributed by atoms with Crippen LogP contribution in [0, 0.1) is 0 Å². The SMILES string of the molecule is Nc1nc(NC2CC2)c2ncn(CC3(O)CC3)c2n1. The molecular formula is C12H16N6O. The summed E-state index contributed by atoms with van der Waals surface area (Å²) in [6.45, 7) is 0.517. The number of nitrogens with zero attached hydrogens (tertiary/aromatic N) is 4. The predicted molar refractivity (Wildman–Crippen MR) is 70.6 cm³/mol. The normalized spacial score (nSPS) is 20.7. The zero-order valence-electron chi connectivity index (χ0n) is 10.5. The number of anilines is 2. The van der Waals surface area contributed by atoms with Gasteiger partial charge >= 0.3 is 0 Å². The topological polar surface area (TPSA) is 102 Å². The Morgan fingerprint density at radius 1 is 1.42 bits per heavy atom. The maximum absolute atomic E-state index is 10.0. The van der Waals surface area contributed by atoms with E-state index in [0.29, 0.717) is 24.1 Å². The maximum atomic E-state index is 10.0. The smallest absolute Gasteiger partial charge is 0.224 e. The molecule has 2 heterocycles. The van der Waals surface area contributed by atoms with Crippen molar-refractivity contribution in [3.63, 3.8) is 0 Å². The fourth-order valence-electron chi connectivity index (χ4n) is 2.22. The summed E-state index contributed by atoms with van der Waals surface area (Å²) < 4.78 is 1.86. The van der Waals surface area contributed by atoms with Crippen molar-refractivity contribution in [2.45, 2.75) is 43.9 Å². The lowest BCUT2D eigenvalue weighted by atomic mass is 10.3. The van der Waals surface area contributed by atoms with E-state index in [2.05, 4.69) is 20.3 Å². The highest BCUT2D eigenvalue weighted by atomic mass is 16.3. The number of hydrogen-bond acceptors (Lipinski definition) is 6. The highest BCUT2D eigenvalue weighted by Gasteiger charge is 2.41. The first-order chi connectivity index (χ1) is 9.13. The Balaban J connectivity index is 1.76. The second-order valence-electron chi connectivity index (χ2n) is 5.62. The van der Waals surface area contributed by atoms with Crippen LogP contribution in [0.1, 0.15) is 25.7 Å². The summed E-state index contributed by atoms with van der Waals surface area (Å²) in [4.78, 5) is 12.8. The Hall–Kier alpha value is -1.89. The van der Waals surface area contributed by atoms with E-state index in [0.717, 1.165) is 31.2 Å². The second-order valence-corrected chi connectivity index (χ2v) is 5.62. The van der Waals surface area contributed by atoms with Crippen molar-refractivity contribution in [3.8, 4) is 0 Å². The molecule has 2 aliphatic carbocycles. The number of nitrogens with one attached hydrogen (secondary N) is 1. The number of rotatable bonds is 4. The fourth-order valence-corrected chi connectivity index (χ4v) is 2.22. The van der Waals surface area contributed by atoms with Crippen molar-refractivity contribution < 1.29 is 5.11 Å². The van der Waals surface area contributed by atoms with Crippen LogP contribution in [0.25, 0.3) is 11.2 Å². The van der Waals surface area contributed by atoms with E-state index in [1.54, 1.807) is 6.33 Å². The van der Waals surface area contributed by atoms with Gasteiger partial charge in [0.2, 0.25) is 5.95 Å². The molecular weight excluding hydrogens is 244 g/mol. The first-order valence-corrected chi connectivity index (χ1v) is 6.60. The molecule has 0 atom stereocenters. The first-order valence-electron chi connectivity index (χ1n) is 6.60. The van der Waals surface area contributed by atoms with E-state index < -0.39 is 5.60 Å². The van der Waals surface area contributed by atoms with Crippen LogP contribution in [-0.4, -0.2) is 36.3 Å². The van der Waals surface area contributed by atoms with Crippen LogP contribution >= 0.6 is 0 Å². The van der Waals surface area contributed by atoms with Gasteiger partial charge in [-0.1, -0.05) is 0 Å². The van der Waals surface area contributed by atoms with E-state index in [-0.39, 0.29) is 5.95 Å². The quantitative estimate of drug-likeness (QED) is 0.740. The van der Waals surface area contributed by atoms with Crippen molar-refractivity contribution >= 4 is 22.9 Å². The molecule has 0 saturated heterocycles. The third kappa shape index (κ3) is 1.99. The molecule has 100 valence electrons. The van der Waals surface area contributed by atoms with Crippen LogP contribution in [0.5, 0.6) is 0 Å². The summed E-state index contributed by atoms with van der Waals surface area (Å²) in [7, 11) is 0. The maximum Gasteiger partial charge on any atom is 0.224 e. The number of hydrogen-bond donors (Lipinski definition) is 3. The van der Waals surface area contributed by atoms with Crippen molar-refractivity contribution in [2.24, 2.45) is 0 Å². The lowest BCUT2D eigenvalue weighted by Crippen LogP contribution is -2.17. The minimum absolute atomic E-state index is 0.236.